The van der Waals surface area contributed by atoms with Crippen LogP contribution in [-0.2, 0) is 6.42 Å². The van der Waals surface area contributed by atoms with Gasteiger partial charge in [0.25, 0.3) is 0 Å². The zero-order valence-electron chi connectivity index (χ0n) is 16.7. The molecule has 150 valence electrons. The van der Waals surface area contributed by atoms with Crippen LogP contribution in [0.15, 0.2) is 72.8 Å². The lowest BCUT2D eigenvalue weighted by molar-refractivity contribution is 0.193. The fourth-order valence-corrected chi connectivity index (χ4v) is 4.32. The predicted molar refractivity (Wildman–Crippen MR) is 117 cm³/mol. The van der Waals surface area contributed by atoms with Crippen LogP contribution in [0.4, 0.5) is 14.9 Å². The van der Waals surface area contributed by atoms with Crippen LogP contribution in [0.25, 0.3) is 10.9 Å². The van der Waals surface area contributed by atoms with Gasteiger partial charge < -0.3 is 15.2 Å². The van der Waals surface area contributed by atoms with Crippen molar-refractivity contribution in [2.75, 3.05) is 11.9 Å². The number of anilines is 1. The Kier molecular flexibility index (Phi) is 4.51. The van der Waals surface area contributed by atoms with Crippen molar-refractivity contribution in [2.45, 2.75) is 19.4 Å². The number of nitrogens with one attached hydrogen (secondary N) is 2. The molecule has 1 aliphatic heterocycles. The molecule has 1 aromatic heterocycles. The van der Waals surface area contributed by atoms with Crippen LogP contribution in [0.2, 0.25) is 0 Å². The molecular formula is C25H22FN3O. The molecule has 4 nitrogen and oxygen atoms in total. The molecule has 0 fully saturated rings. The van der Waals surface area contributed by atoms with E-state index in [-0.39, 0.29) is 17.9 Å². The standard InChI is InChI=1S/C25H22FN3O/c1-16-9-11-17(12-10-16)24-23-21(20-7-2-3-8-22(20)28-23)13-14-29(24)25(30)27-19-6-4-5-18(26)15-19/h2-12,15,24,28H,13-14H2,1H3,(H,27,30)/t24-/m0/s1. The number of H-pyrrole nitrogens is 1. The third kappa shape index (κ3) is 3.22. The number of carbonyl (C=O) groups excluding carboxylic acids is 1. The van der Waals surface area contributed by atoms with Gasteiger partial charge in [0, 0.05) is 28.8 Å². The Labute approximate surface area is 174 Å². The number of hydrogen-bond acceptors (Lipinski definition) is 1. The number of fused-ring (bicyclic) bond motifs is 3. The quantitative estimate of drug-likeness (QED) is 0.440. The zero-order valence-corrected chi connectivity index (χ0v) is 16.7. The number of amides is 2. The molecule has 4 aromatic rings. The first-order chi connectivity index (χ1) is 14.6. The topological polar surface area (TPSA) is 48.1 Å². The van der Waals surface area contributed by atoms with Gasteiger partial charge in [0.1, 0.15) is 5.82 Å². The molecule has 2 N–H and O–H groups in total. The maximum atomic E-state index is 13.6. The number of halogens is 1. The number of carbonyl (C=O) groups is 1. The first-order valence-corrected chi connectivity index (χ1v) is 10.1. The number of para-hydroxylation sites is 1. The third-order valence-corrected chi connectivity index (χ3v) is 5.76. The maximum absolute atomic E-state index is 13.6. The van der Waals surface area contributed by atoms with E-state index in [2.05, 4.69) is 46.7 Å². The van der Waals surface area contributed by atoms with E-state index in [4.69, 9.17) is 0 Å². The highest BCUT2D eigenvalue weighted by Gasteiger charge is 2.34. The van der Waals surface area contributed by atoms with Crippen LogP contribution in [-0.4, -0.2) is 22.5 Å². The summed E-state index contributed by atoms with van der Waals surface area (Å²) in [6.45, 7) is 2.63. The van der Waals surface area contributed by atoms with E-state index in [1.54, 1.807) is 12.1 Å². The summed E-state index contributed by atoms with van der Waals surface area (Å²) in [6, 6.07) is 22.0. The highest BCUT2D eigenvalue weighted by atomic mass is 19.1. The first kappa shape index (κ1) is 18.4. The average Bonchev–Trinajstić information content (AvgIpc) is 3.12. The normalized spacial score (nSPS) is 15.8. The smallest absolute Gasteiger partial charge is 0.322 e. The molecule has 30 heavy (non-hydrogen) atoms. The molecule has 2 amide bonds. The summed E-state index contributed by atoms with van der Waals surface area (Å²) in [4.78, 5) is 18.6. The van der Waals surface area contributed by atoms with Crippen LogP contribution in [0.3, 0.4) is 0 Å². The molecule has 0 saturated heterocycles. The van der Waals surface area contributed by atoms with E-state index in [1.807, 2.05) is 24.0 Å². The second kappa shape index (κ2) is 7.34. The van der Waals surface area contributed by atoms with E-state index in [0.717, 1.165) is 23.2 Å². The fraction of sp³-hybridized carbons (Fsp3) is 0.160. The van der Waals surface area contributed by atoms with Gasteiger partial charge in [0.2, 0.25) is 0 Å². The number of aromatic nitrogens is 1. The molecule has 0 radical (unpaired) electrons. The summed E-state index contributed by atoms with van der Waals surface area (Å²) in [6.07, 6.45) is 0.762. The van der Waals surface area contributed by atoms with Crippen LogP contribution in [0.1, 0.15) is 28.4 Å². The number of aryl methyl sites for hydroxylation is 1. The van der Waals surface area contributed by atoms with Crippen molar-refractivity contribution in [2.24, 2.45) is 0 Å². The monoisotopic (exact) mass is 399 g/mol. The predicted octanol–water partition coefficient (Wildman–Crippen LogP) is 5.80. The lowest BCUT2D eigenvalue weighted by atomic mass is 9.92. The molecule has 5 heteroatoms. The number of urea groups is 1. The van der Waals surface area contributed by atoms with Crippen molar-refractivity contribution < 1.29 is 9.18 Å². The number of benzene rings is 3. The van der Waals surface area contributed by atoms with Crippen molar-refractivity contribution in [1.82, 2.24) is 9.88 Å². The van der Waals surface area contributed by atoms with Crippen LogP contribution in [0.5, 0.6) is 0 Å². The molecular weight excluding hydrogens is 377 g/mol. The molecule has 1 aliphatic rings. The molecule has 3 aromatic carbocycles. The minimum atomic E-state index is -0.376. The molecule has 5 rings (SSSR count). The first-order valence-electron chi connectivity index (χ1n) is 10.1. The zero-order chi connectivity index (χ0) is 20.7. The second-order valence-electron chi connectivity index (χ2n) is 7.76. The van der Waals surface area contributed by atoms with Crippen molar-refractivity contribution in [3.8, 4) is 0 Å². The molecule has 0 saturated carbocycles. The summed E-state index contributed by atoms with van der Waals surface area (Å²) in [7, 11) is 0. The maximum Gasteiger partial charge on any atom is 0.322 e. The summed E-state index contributed by atoms with van der Waals surface area (Å²) in [5.41, 5.74) is 6.04. The molecule has 0 unspecified atom stereocenters. The fourth-order valence-electron chi connectivity index (χ4n) is 4.32. The van der Waals surface area contributed by atoms with Gasteiger partial charge in [0.15, 0.2) is 0 Å². The Hall–Kier alpha value is -3.60. The molecule has 0 spiro atoms. The van der Waals surface area contributed by atoms with Crippen molar-refractivity contribution >= 4 is 22.6 Å². The van der Waals surface area contributed by atoms with Crippen LogP contribution >= 0.6 is 0 Å². The molecule has 1 atom stereocenters. The highest BCUT2D eigenvalue weighted by Crippen LogP contribution is 2.38. The second-order valence-corrected chi connectivity index (χ2v) is 7.76. The van der Waals surface area contributed by atoms with Crippen molar-refractivity contribution in [3.05, 3.63) is 101 Å². The Morgan fingerprint density at radius 2 is 1.87 bits per heavy atom. The van der Waals surface area contributed by atoms with Crippen molar-refractivity contribution in [3.63, 3.8) is 0 Å². The summed E-state index contributed by atoms with van der Waals surface area (Å²) >= 11 is 0. The lowest BCUT2D eigenvalue weighted by Gasteiger charge is -2.36. The van der Waals surface area contributed by atoms with Crippen LogP contribution < -0.4 is 5.32 Å². The van der Waals surface area contributed by atoms with E-state index >= 15 is 0 Å². The van der Waals surface area contributed by atoms with E-state index < -0.39 is 0 Å². The molecule has 0 bridgehead atoms. The van der Waals surface area contributed by atoms with Gasteiger partial charge in [-0.2, -0.15) is 0 Å². The third-order valence-electron chi connectivity index (χ3n) is 5.76. The number of hydrogen-bond donors (Lipinski definition) is 2. The van der Waals surface area contributed by atoms with Gasteiger partial charge in [-0.3, -0.25) is 0 Å². The number of aromatic amines is 1. The van der Waals surface area contributed by atoms with E-state index in [1.165, 1.54) is 28.6 Å². The van der Waals surface area contributed by atoms with Gasteiger partial charge in [-0.1, -0.05) is 54.1 Å². The number of nitrogens with zero attached hydrogens (tertiary/aromatic N) is 1. The van der Waals surface area contributed by atoms with Crippen molar-refractivity contribution in [1.29, 1.82) is 0 Å². The Morgan fingerprint density at radius 3 is 2.67 bits per heavy atom. The summed E-state index contributed by atoms with van der Waals surface area (Å²) in [5, 5.41) is 4.06. The van der Waals surface area contributed by atoms with Gasteiger partial charge in [0.05, 0.1) is 6.04 Å². The number of rotatable bonds is 2. The van der Waals surface area contributed by atoms with Gasteiger partial charge in [-0.15, -0.1) is 0 Å². The minimum absolute atomic E-state index is 0.240. The Bertz CT molecular complexity index is 1230. The van der Waals surface area contributed by atoms with Gasteiger partial charge >= 0.3 is 6.03 Å². The molecule has 0 aliphatic carbocycles. The SMILES string of the molecule is Cc1ccc([C@H]2c3[nH]c4ccccc4c3CCN2C(=O)Nc2cccc(F)c2)cc1. The lowest BCUT2D eigenvalue weighted by Crippen LogP contribution is -2.43. The highest BCUT2D eigenvalue weighted by molar-refractivity contribution is 5.91. The largest absolute Gasteiger partial charge is 0.356 e. The van der Waals surface area contributed by atoms with Gasteiger partial charge in [-0.05, 0) is 48.7 Å². The van der Waals surface area contributed by atoms with E-state index in [0.29, 0.717) is 12.2 Å². The summed E-state index contributed by atoms with van der Waals surface area (Å²) < 4.78 is 13.6. The summed E-state index contributed by atoms with van der Waals surface area (Å²) in [5.74, 6) is -0.376. The Morgan fingerprint density at radius 1 is 1.07 bits per heavy atom. The van der Waals surface area contributed by atoms with Crippen LogP contribution in [0, 0.1) is 12.7 Å². The average molecular weight is 399 g/mol. The molecule has 2 heterocycles. The van der Waals surface area contributed by atoms with E-state index in [9.17, 15) is 9.18 Å². The minimum Gasteiger partial charge on any atom is -0.356 e. The Balaban J connectivity index is 1.57. The van der Waals surface area contributed by atoms with Gasteiger partial charge in [-0.25, -0.2) is 9.18 Å².